The van der Waals surface area contributed by atoms with Gasteiger partial charge in [0.05, 0.1) is 5.92 Å². The van der Waals surface area contributed by atoms with Gasteiger partial charge in [-0.15, -0.1) is 0 Å². The molecule has 0 unspecified atom stereocenters. The van der Waals surface area contributed by atoms with Gasteiger partial charge in [0.25, 0.3) is 0 Å². The van der Waals surface area contributed by atoms with E-state index in [0.717, 1.165) is 31.5 Å². The van der Waals surface area contributed by atoms with Crippen molar-refractivity contribution in [3.63, 3.8) is 0 Å². The Balaban J connectivity index is 1.81. The number of amides is 1. The van der Waals surface area contributed by atoms with Crippen LogP contribution in [0.4, 0.5) is 0 Å². The zero-order chi connectivity index (χ0) is 12.1. The van der Waals surface area contributed by atoms with Crippen molar-refractivity contribution in [3.05, 3.63) is 30.1 Å². The minimum atomic E-state index is 0.149. The van der Waals surface area contributed by atoms with Crippen LogP contribution in [0.3, 0.4) is 0 Å². The highest BCUT2D eigenvalue weighted by atomic mass is 16.1. The molecular formula is C13H19N3O. The molecule has 0 bridgehead atoms. The van der Waals surface area contributed by atoms with Crippen molar-refractivity contribution >= 4 is 5.91 Å². The summed E-state index contributed by atoms with van der Waals surface area (Å²) in [6.07, 6.45) is 5.61. The van der Waals surface area contributed by atoms with E-state index in [1.807, 2.05) is 12.1 Å². The van der Waals surface area contributed by atoms with Gasteiger partial charge in [-0.3, -0.25) is 9.78 Å². The third kappa shape index (κ3) is 3.53. The van der Waals surface area contributed by atoms with Crippen molar-refractivity contribution < 1.29 is 4.79 Å². The van der Waals surface area contributed by atoms with E-state index in [1.165, 1.54) is 0 Å². The number of nitrogens with zero attached hydrogens (tertiary/aromatic N) is 2. The van der Waals surface area contributed by atoms with Gasteiger partial charge in [-0.2, -0.15) is 0 Å². The van der Waals surface area contributed by atoms with Crippen LogP contribution in [0.25, 0.3) is 0 Å². The Morgan fingerprint density at radius 3 is 3.00 bits per heavy atom. The molecule has 2 heterocycles. The second-order valence-corrected chi connectivity index (χ2v) is 4.67. The Morgan fingerprint density at radius 1 is 1.53 bits per heavy atom. The highest BCUT2D eigenvalue weighted by Crippen LogP contribution is 2.15. The molecule has 1 N–H and O–H groups in total. The fourth-order valence-electron chi connectivity index (χ4n) is 2.21. The molecule has 1 fully saturated rings. The lowest BCUT2D eigenvalue weighted by Crippen LogP contribution is -2.41. The number of carbonyl (C=O) groups excluding carboxylic acids is 1. The number of nitrogens with one attached hydrogen (secondary N) is 1. The van der Waals surface area contributed by atoms with E-state index in [1.54, 1.807) is 12.4 Å². The first-order chi connectivity index (χ1) is 8.25. The van der Waals surface area contributed by atoms with E-state index in [4.69, 9.17) is 0 Å². The van der Waals surface area contributed by atoms with Crippen LogP contribution < -0.4 is 5.32 Å². The van der Waals surface area contributed by atoms with Gasteiger partial charge in [0.2, 0.25) is 5.91 Å². The number of piperidine rings is 1. The van der Waals surface area contributed by atoms with Crippen molar-refractivity contribution in [2.75, 3.05) is 20.1 Å². The molecular weight excluding hydrogens is 214 g/mol. The van der Waals surface area contributed by atoms with Gasteiger partial charge in [0, 0.05) is 25.5 Å². The van der Waals surface area contributed by atoms with E-state index in [0.29, 0.717) is 6.54 Å². The summed E-state index contributed by atoms with van der Waals surface area (Å²) in [4.78, 5) is 18.1. The lowest BCUT2D eigenvalue weighted by Gasteiger charge is -2.28. The Hall–Kier alpha value is -1.42. The van der Waals surface area contributed by atoms with Crippen molar-refractivity contribution in [2.45, 2.75) is 19.4 Å². The van der Waals surface area contributed by atoms with Crippen LogP contribution in [0.5, 0.6) is 0 Å². The molecule has 1 aliphatic rings. The first-order valence-electron chi connectivity index (χ1n) is 6.11. The van der Waals surface area contributed by atoms with E-state index in [-0.39, 0.29) is 11.8 Å². The van der Waals surface area contributed by atoms with Crippen LogP contribution in [0.15, 0.2) is 24.5 Å². The summed E-state index contributed by atoms with van der Waals surface area (Å²) in [5.41, 5.74) is 1.09. The molecule has 1 aromatic heterocycles. The average molecular weight is 233 g/mol. The number of rotatable bonds is 3. The molecule has 1 atom stereocenters. The fourth-order valence-corrected chi connectivity index (χ4v) is 2.21. The lowest BCUT2D eigenvalue weighted by atomic mass is 9.97. The first kappa shape index (κ1) is 12.0. The standard InChI is InChI=1S/C13H19N3O/c1-16-8-2-3-12(10-16)13(17)15-9-11-4-6-14-7-5-11/h4-7,12H,2-3,8-10H2,1H3,(H,15,17)/t12-/m1/s1. The highest BCUT2D eigenvalue weighted by molar-refractivity contribution is 5.78. The smallest absolute Gasteiger partial charge is 0.224 e. The number of hydrogen-bond acceptors (Lipinski definition) is 3. The molecule has 0 saturated carbocycles. The molecule has 0 radical (unpaired) electrons. The van der Waals surface area contributed by atoms with Crippen molar-refractivity contribution in [1.29, 1.82) is 0 Å². The molecule has 4 nitrogen and oxygen atoms in total. The summed E-state index contributed by atoms with van der Waals surface area (Å²) >= 11 is 0. The maximum atomic E-state index is 12.0. The van der Waals surface area contributed by atoms with Gasteiger partial charge in [0.1, 0.15) is 0 Å². The number of carbonyl (C=O) groups is 1. The zero-order valence-electron chi connectivity index (χ0n) is 10.2. The molecule has 1 saturated heterocycles. The minimum Gasteiger partial charge on any atom is -0.352 e. The largest absolute Gasteiger partial charge is 0.352 e. The molecule has 1 aliphatic heterocycles. The maximum absolute atomic E-state index is 12.0. The SMILES string of the molecule is CN1CCC[C@@H](C(=O)NCc2ccncc2)C1. The van der Waals surface area contributed by atoms with E-state index < -0.39 is 0 Å². The quantitative estimate of drug-likeness (QED) is 0.848. The normalized spacial score (nSPS) is 21.1. The van der Waals surface area contributed by atoms with Crippen molar-refractivity contribution in [3.8, 4) is 0 Å². The Labute approximate surface area is 102 Å². The molecule has 2 rings (SSSR count). The van der Waals surface area contributed by atoms with Gasteiger partial charge in [0.15, 0.2) is 0 Å². The van der Waals surface area contributed by atoms with Gasteiger partial charge < -0.3 is 10.2 Å². The minimum absolute atomic E-state index is 0.149. The van der Waals surface area contributed by atoms with E-state index in [9.17, 15) is 4.79 Å². The number of pyridine rings is 1. The molecule has 92 valence electrons. The van der Waals surface area contributed by atoms with Gasteiger partial charge in [-0.05, 0) is 44.1 Å². The van der Waals surface area contributed by atoms with Gasteiger partial charge >= 0.3 is 0 Å². The average Bonchev–Trinajstić information content (AvgIpc) is 2.37. The fraction of sp³-hybridized carbons (Fsp3) is 0.538. The Morgan fingerprint density at radius 2 is 2.29 bits per heavy atom. The summed E-state index contributed by atoms with van der Waals surface area (Å²) in [6.45, 7) is 2.58. The van der Waals surface area contributed by atoms with Crippen LogP contribution in [0.2, 0.25) is 0 Å². The Bertz CT molecular complexity index is 366. The third-order valence-corrected chi connectivity index (χ3v) is 3.21. The molecule has 1 aromatic rings. The number of aromatic nitrogens is 1. The van der Waals surface area contributed by atoms with Crippen molar-refractivity contribution in [2.24, 2.45) is 5.92 Å². The van der Waals surface area contributed by atoms with Crippen LogP contribution in [-0.2, 0) is 11.3 Å². The van der Waals surface area contributed by atoms with Crippen LogP contribution >= 0.6 is 0 Å². The first-order valence-corrected chi connectivity index (χ1v) is 6.11. The zero-order valence-corrected chi connectivity index (χ0v) is 10.2. The summed E-state index contributed by atoms with van der Waals surface area (Å²) in [5.74, 6) is 0.323. The predicted octanol–water partition coefficient (Wildman–Crippen LogP) is 1.04. The summed E-state index contributed by atoms with van der Waals surface area (Å²) < 4.78 is 0. The van der Waals surface area contributed by atoms with Gasteiger partial charge in [-0.25, -0.2) is 0 Å². The third-order valence-electron chi connectivity index (χ3n) is 3.21. The molecule has 0 aromatic carbocycles. The van der Waals surface area contributed by atoms with Crippen LogP contribution in [-0.4, -0.2) is 35.9 Å². The monoisotopic (exact) mass is 233 g/mol. The van der Waals surface area contributed by atoms with Crippen molar-refractivity contribution in [1.82, 2.24) is 15.2 Å². The van der Waals surface area contributed by atoms with E-state index >= 15 is 0 Å². The maximum Gasteiger partial charge on any atom is 0.224 e. The van der Waals surface area contributed by atoms with Gasteiger partial charge in [-0.1, -0.05) is 0 Å². The summed E-state index contributed by atoms with van der Waals surface area (Å²) in [5, 5.41) is 3.00. The lowest BCUT2D eigenvalue weighted by molar-refractivity contribution is -0.126. The summed E-state index contributed by atoms with van der Waals surface area (Å²) in [7, 11) is 2.07. The van der Waals surface area contributed by atoms with E-state index in [2.05, 4.69) is 22.2 Å². The molecule has 0 spiro atoms. The molecule has 4 heteroatoms. The topological polar surface area (TPSA) is 45.2 Å². The summed E-state index contributed by atoms with van der Waals surface area (Å²) in [6, 6.07) is 3.85. The molecule has 1 amide bonds. The Kier molecular flexibility index (Phi) is 4.09. The molecule has 17 heavy (non-hydrogen) atoms. The predicted molar refractivity (Wildman–Crippen MR) is 66.3 cm³/mol. The van der Waals surface area contributed by atoms with Crippen LogP contribution in [0, 0.1) is 5.92 Å². The van der Waals surface area contributed by atoms with Crippen LogP contribution in [0.1, 0.15) is 18.4 Å². The number of likely N-dealkylation sites (tertiary alicyclic amines) is 1. The number of hydrogen-bond donors (Lipinski definition) is 1. The highest BCUT2D eigenvalue weighted by Gasteiger charge is 2.23. The molecule has 0 aliphatic carbocycles. The second kappa shape index (κ2) is 5.77. The second-order valence-electron chi connectivity index (χ2n) is 4.67.